The summed E-state index contributed by atoms with van der Waals surface area (Å²) < 4.78 is 16.4. The number of rotatable bonds is 4. The Hall–Kier alpha value is -3.16. The van der Waals surface area contributed by atoms with Crippen molar-refractivity contribution in [1.82, 2.24) is 14.5 Å². The van der Waals surface area contributed by atoms with Crippen molar-refractivity contribution in [2.45, 2.75) is 13.8 Å². The first kappa shape index (κ1) is 21.1. The van der Waals surface area contributed by atoms with Crippen molar-refractivity contribution in [2.24, 2.45) is 7.05 Å². The molecule has 0 aliphatic heterocycles. The molecule has 2 aromatic carbocycles. The molecule has 0 fully saturated rings. The van der Waals surface area contributed by atoms with Crippen LogP contribution in [0.25, 0.3) is 11.0 Å². The van der Waals surface area contributed by atoms with Crippen LogP contribution in [0.5, 0.6) is 0 Å². The Morgan fingerprint density at radius 3 is 2.45 bits per heavy atom. The van der Waals surface area contributed by atoms with Crippen molar-refractivity contribution in [3.63, 3.8) is 0 Å². The minimum atomic E-state index is -0.667. The Labute approximate surface area is 188 Å². The second-order valence-corrected chi connectivity index (χ2v) is 7.98. The van der Waals surface area contributed by atoms with Crippen LogP contribution in [0.2, 0.25) is 10.0 Å². The average Bonchev–Trinajstić information content (AvgIpc) is 2.98. The van der Waals surface area contributed by atoms with E-state index in [-0.39, 0.29) is 5.56 Å². The minimum absolute atomic E-state index is 0.131. The van der Waals surface area contributed by atoms with Gasteiger partial charge in [-0.15, -0.1) is 0 Å². The fourth-order valence-electron chi connectivity index (χ4n) is 3.32. The monoisotopic (exact) mass is 457 g/mol. The van der Waals surface area contributed by atoms with E-state index in [9.17, 15) is 9.18 Å². The zero-order chi connectivity index (χ0) is 22.3. The molecule has 4 aromatic rings. The number of para-hydroxylation sites is 1. The molecule has 0 atom stereocenters. The maximum Gasteiger partial charge on any atom is 0.259 e. The van der Waals surface area contributed by atoms with Crippen LogP contribution in [0.3, 0.4) is 0 Å². The van der Waals surface area contributed by atoms with Crippen molar-refractivity contribution in [3.05, 3.63) is 75.1 Å². The molecule has 9 heteroatoms. The number of aryl methyl sites for hydroxylation is 3. The van der Waals surface area contributed by atoms with Gasteiger partial charge in [0.05, 0.1) is 32.3 Å². The summed E-state index contributed by atoms with van der Waals surface area (Å²) >= 11 is 12.4. The van der Waals surface area contributed by atoms with Gasteiger partial charge in [-0.05, 0) is 49.7 Å². The van der Waals surface area contributed by atoms with Crippen LogP contribution in [0.1, 0.15) is 21.6 Å². The SMILES string of the molecule is Cc1cc(C)nc(NC(=O)c2cc3nc(Nc4c(Cl)cccc4Cl)n(C)c3cc2F)c1. The summed E-state index contributed by atoms with van der Waals surface area (Å²) in [6, 6.07) is 11.4. The van der Waals surface area contributed by atoms with Crippen LogP contribution >= 0.6 is 23.2 Å². The highest BCUT2D eigenvalue weighted by atomic mass is 35.5. The van der Waals surface area contributed by atoms with Gasteiger partial charge < -0.3 is 15.2 Å². The van der Waals surface area contributed by atoms with Crippen molar-refractivity contribution in [1.29, 1.82) is 0 Å². The van der Waals surface area contributed by atoms with Gasteiger partial charge in [-0.2, -0.15) is 0 Å². The van der Waals surface area contributed by atoms with Gasteiger partial charge in [0.25, 0.3) is 5.91 Å². The average molecular weight is 458 g/mol. The maximum atomic E-state index is 14.8. The molecule has 31 heavy (non-hydrogen) atoms. The Balaban J connectivity index is 1.69. The zero-order valence-electron chi connectivity index (χ0n) is 16.9. The van der Waals surface area contributed by atoms with Gasteiger partial charge in [0, 0.05) is 18.8 Å². The largest absolute Gasteiger partial charge is 0.323 e. The number of amides is 1. The van der Waals surface area contributed by atoms with E-state index in [0.29, 0.717) is 38.5 Å². The van der Waals surface area contributed by atoms with Gasteiger partial charge >= 0.3 is 0 Å². The number of nitrogens with zero attached hydrogens (tertiary/aromatic N) is 3. The summed E-state index contributed by atoms with van der Waals surface area (Å²) in [5.41, 5.74) is 3.00. The maximum absolute atomic E-state index is 14.8. The number of imidazole rings is 1. The summed E-state index contributed by atoms with van der Waals surface area (Å²) in [6.07, 6.45) is 0. The fourth-order valence-corrected chi connectivity index (χ4v) is 3.81. The number of hydrogen-bond donors (Lipinski definition) is 2. The fraction of sp³-hybridized carbons (Fsp3) is 0.136. The molecule has 0 saturated heterocycles. The lowest BCUT2D eigenvalue weighted by molar-refractivity contribution is 0.102. The predicted octanol–water partition coefficient (Wildman–Crippen LogP) is 6.03. The molecule has 0 aliphatic carbocycles. The first-order chi connectivity index (χ1) is 14.7. The van der Waals surface area contributed by atoms with E-state index in [4.69, 9.17) is 23.2 Å². The lowest BCUT2D eigenvalue weighted by Crippen LogP contribution is -2.15. The van der Waals surface area contributed by atoms with Gasteiger partial charge in [-0.1, -0.05) is 29.3 Å². The molecule has 158 valence electrons. The number of pyridine rings is 1. The lowest BCUT2D eigenvalue weighted by atomic mass is 10.1. The van der Waals surface area contributed by atoms with Crippen LogP contribution < -0.4 is 10.6 Å². The van der Waals surface area contributed by atoms with Crippen molar-refractivity contribution in [2.75, 3.05) is 10.6 Å². The molecule has 0 saturated carbocycles. The standard InChI is InChI=1S/C22H18Cl2FN5O/c1-11-7-12(2)26-19(8-11)28-21(31)13-9-17-18(10-16(13)25)30(3)22(27-17)29-20-14(23)5-4-6-15(20)24/h4-10H,1-3H3,(H,27,29)(H,26,28,31). The summed E-state index contributed by atoms with van der Waals surface area (Å²) in [7, 11) is 1.72. The first-order valence-electron chi connectivity index (χ1n) is 9.36. The van der Waals surface area contributed by atoms with E-state index >= 15 is 0 Å². The van der Waals surface area contributed by atoms with Crippen LogP contribution in [0, 0.1) is 19.7 Å². The number of halogens is 3. The number of carbonyl (C=O) groups excluding carboxylic acids is 1. The number of anilines is 3. The summed E-state index contributed by atoms with van der Waals surface area (Å²) in [6.45, 7) is 3.72. The molecule has 4 rings (SSSR count). The number of fused-ring (bicyclic) bond motifs is 1. The second-order valence-electron chi connectivity index (χ2n) is 7.16. The van der Waals surface area contributed by atoms with Crippen LogP contribution in [0.4, 0.5) is 21.8 Å². The third kappa shape index (κ3) is 4.19. The highest BCUT2D eigenvalue weighted by molar-refractivity contribution is 6.39. The Morgan fingerprint density at radius 2 is 1.77 bits per heavy atom. The number of carbonyl (C=O) groups is 1. The van der Waals surface area contributed by atoms with E-state index < -0.39 is 11.7 Å². The third-order valence-electron chi connectivity index (χ3n) is 4.75. The van der Waals surface area contributed by atoms with E-state index in [1.54, 1.807) is 35.9 Å². The molecule has 2 N–H and O–H groups in total. The van der Waals surface area contributed by atoms with Crippen LogP contribution in [-0.4, -0.2) is 20.4 Å². The van der Waals surface area contributed by atoms with Crippen LogP contribution in [0.15, 0.2) is 42.5 Å². The quantitative estimate of drug-likeness (QED) is 0.392. The third-order valence-corrected chi connectivity index (χ3v) is 5.38. The lowest BCUT2D eigenvalue weighted by Gasteiger charge is -2.10. The number of benzene rings is 2. The van der Waals surface area contributed by atoms with Gasteiger partial charge in [0.15, 0.2) is 0 Å². The molecule has 0 aliphatic rings. The smallest absolute Gasteiger partial charge is 0.259 e. The van der Waals surface area contributed by atoms with Crippen molar-refractivity contribution >= 4 is 57.6 Å². The molecule has 2 heterocycles. The highest BCUT2D eigenvalue weighted by Gasteiger charge is 2.18. The van der Waals surface area contributed by atoms with E-state index in [2.05, 4.69) is 20.6 Å². The summed E-state index contributed by atoms with van der Waals surface area (Å²) in [4.78, 5) is 21.4. The van der Waals surface area contributed by atoms with Crippen molar-refractivity contribution < 1.29 is 9.18 Å². The molecule has 0 unspecified atom stereocenters. The molecule has 6 nitrogen and oxygen atoms in total. The molecule has 0 spiro atoms. The van der Waals surface area contributed by atoms with Gasteiger partial charge in [0.2, 0.25) is 5.95 Å². The number of nitrogens with one attached hydrogen (secondary N) is 2. The Morgan fingerprint density at radius 1 is 1.06 bits per heavy atom. The normalized spacial score (nSPS) is 11.0. The predicted molar refractivity (Wildman–Crippen MR) is 122 cm³/mol. The Bertz CT molecular complexity index is 1290. The van der Waals surface area contributed by atoms with Gasteiger partial charge in [0.1, 0.15) is 11.6 Å². The molecule has 0 bridgehead atoms. The molecular weight excluding hydrogens is 440 g/mol. The van der Waals surface area contributed by atoms with Crippen LogP contribution in [-0.2, 0) is 7.05 Å². The number of hydrogen-bond acceptors (Lipinski definition) is 4. The highest BCUT2D eigenvalue weighted by Crippen LogP contribution is 2.33. The van der Waals surface area contributed by atoms with Gasteiger partial charge in [-0.25, -0.2) is 14.4 Å². The van der Waals surface area contributed by atoms with E-state index in [1.165, 1.54) is 12.1 Å². The van der Waals surface area contributed by atoms with Gasteiger partial charge in [-0.3, -0.25) is 4.79 Å². The molecule has 1 amide bonds. The minimum Gasteiger partial charge on any atom is -0.323 e. The summed E-state index contributed by atoms with van der Waals surface area (Å²) in [5, 5.41) is 6.57. The summed E-state index contributed by atoms with van der Waals surface area (Å²) in [5.74, 6) is -0.511. The first-order valence-corrected chi connectivity index (χ1v) is 10.1. The van der Waals surface area contributed by atoms with E-state index in [1.807, 2.05) is 19.9 Å². The molecule has 0 radical (unpaired) electrons. The van der Waals surface area contributed by atoms with Crippen molar-refractivity contribution in [3.8, 4) is 0 Å². The van der Waals surface area contributed by atoms with E-state index in [0.717, 1.165) is 11.3 Å². The number of aromatic nitrogens is 3. The Kier molecular flexibility index (Phi) is 5.56. The second kappa shape index (κ2) is 8.17. The zero-order valence-corrected chi connectivity index (χ0v) is 18.4. The topological polar surface area (TPSA) is 71.8 Å². The molecular formula is C22H18Cl2FN5O. The molecule has 2 aromatic heterocycles.